The van der Waals surface area contributed by atoms with E-state index in [1.54, 1.807) is 31.2 Å². The molecular weight excluding hydrogens is 397 g/mol. The van der Waals surface area contributed by atoms with Crippen molar-refractivity contribution in [3.8, 4) is 0 Å². The van der Waals surface area contributed by atoms with Crippen LogP contribution in [0.15, 0.2) is 53.4 Å². The van der Waals surface area contributed by atoms with Crippen LogP contribution in [-0.2, 0) is 24.2 Å². The van der Waals surface area contributed by atoms with Crippen molar-refractivity contribution >= 4 is 21.7 Å². The van der Waals surface area contributed by atoms with E-state index in [1.807, 2.05) is 6.92 Å². The molecule has 2 rings (SSSR count). The van der Waals surface area contributed by atoms with Crippen LogP contribution >= 0.6 is 0 Å². The Labute approximate surface area is 170 Å². The van der Waals surface area contributed by atoms with Gasteiger partial charge in [-0.1, -0.05) is 29.8 Å². The molecule has 1 N–H and O–H groups in total. The first-order valence-electron chi connectivity index (χ1n) is 9.13. The number of carbonyl (C=O) groups is 2. The third kappa shape index (κ3) is 6.67. The normalized spacial score (nSPS) is 13.4. The highest BCUT2D eigenvalue weighted by molar-refractivity contribution is 7.91. The van der Waals surface area contributed by atoms with Crippen LogP contribution in [0.2, 0.25) is 0 Å². The molecule has 2 aromatic carbocycles. The molecule has 6 nitrogen and oxygen atoms in total. The number of esters is 1. The third-order valence-corrected chi connectivity index (χ3v) is 6.09. The molecule has 2 aromatic rings. The van der Waals surface area contributed by atoms with E-state index in [1.165, 1.54) is 31.2 Å². The molecule has 29 heavy (non-hydrogen) atoms. The van der Waals surface area contributed by atoms with E-state index < -0.39 is 39.6 Å². The monoisotopic (exact) mass is 421 g/mol. The molecule has 0 fully saturated rings. The minimum absolute atomic E-state index is 0.134. The van der Waals surface area contributed by atoms with Crippen LogP contribution < -0.4 is 5.32 Å². The van der Waals surface area contributed by atoms with Gasteiger partial charge < -0.3 is 10.1 Å². The highest BCUT2D eigenvalue weighted by Gasteiger charge is 2.22. The van der Waals surface area contributed by atoms with Crippen molar-refractivity contribution in [3.05, 3.63) is 65.5 Å². The van der Waals surface area contributed by atoms with Crippen molar-refractivity contribution < 1.29 is 27.1 Å². The molecule has 0 aromatic heterocycles. The Balaban J connectivity index is 1.85. The zero-order chi connectivity index (χ0) is 21.6. The molecule has 0 spiro atoms. The lowest BCUT2D eigenvalue weighted by Crippen LogP contribution is -2.37. The van der Waals surface area contributed by atoms with Crippen molar-refractivity contribution in [2.24, 2.45) is 0 Å². The number of amides is 1. The van der Waals surface area contributed by atoms with Gasteiger partial charge in [-0.3, -0.25) is 9.59 Å². The fourth-order valence-corrected chi connectivity index (χ4v) is 3.78. The van der Waals surface area contributed by atoms with Crippen LogP contribution in [0.25, 0.3) is 0 Å². The van der Waals surface area contributed by atoms with Gasteiger partial charge in [-0.05, 0) is 50.6 Å². The van der Waals surface area contributed by atoms with Gasteiger partial charge in [0.25, 0.3) is 5.91 Å². The van der Waals surface area contributed by atoms with E-state index in [0.29, 0.717) is 5.56 Å². The molecule has 0 radical (unpaired) electrons. The number of ether oxygens (including phenoxy) is 1. The Kier molecular flexibility index (Phi) is 7.50. The van der Waals surface area contributed by atoms with Crippen LogP contribution in [0.3, 0.4) is 0 Å². The molecule has 0 aliphatic rings. The summed E-state index contributed by atoms with van der Waals surface area (Å²) in [5.41, 5.74) is 1.63. The van der Waals surface area contributed by atoms with Gasteiger partial charge in [-0.2, -0.15) is 0 Å². The topological polar surface area (TPSA) is 89.5 Å². The van der Waals surface area contributed by atoms with E-state index >= 15 is 0 Å². The summed E-state index contributed by atoms with van der Waals surface area (Å²) in [7, 11) is -3.62. The number of sulfone groups is 1. The van der Waals surface area contributed by atoms with Gasteiger partial charge >= 0.3 is 5.97 Å². The van der Waals surface area contributed by atoms with E-state index in [-0.39, 0.29) is 17.1 Å². The molecular formula is C21H24FNO5S. The van der Waals surface area contributed by atoms with Crippen LogP contribution in [0.4, 0.5) is 4.39 Å². The Morgan fingerprint density at radius 1 is 1.03 bits per heavy atom. The van der Waals surface area contributed by atoms with Gasteiger partial charge in [-0.15, -0.1) is 0 Å². The summed E-state index contributed by atoms with van der Waals surface area (Å²) < 4.78 is 42.6. The summed E-state index contributed by atoms with van der Waals surface area (Å²) in [5, 5.41) is 2.67. The fourth-order valence-electron chi connectivity index (χ4n) is 2.56. The largest absolute Gasteiger partial charge is 0.453 e. The predicted molar refractivity (Wildman–Crippen MR) is 106 cm³/mol. The van der Waals surface area contributed by atoms with Gasteiger partial charge in [0.1, 0.15) is 5.82 Å². The molecule has 2 atom stereocenters. The number of carbonyl (C=O) groups excluding carboxylic acids is 2. The van der Waals surface area contributed by atoms with E-state index in [2.05, 4.69) is 5.32 Å². The first kappa shape index (κ1) is 22.5. The molecule has 0 heterocycles. The van der Waals surface area contributed by atoms with E-state index in [4.69, 9.17) is 4.74 Å². The maximum Gasteiger partial charge on any atom is 0.307 e. The minimum atomic E-state index is -3.62. The van der Waals surface area contributed by atoms with Crippen LogP contribution in [-0.4, -0.2) is 32.2 Å². The number of hydrogen-bond acceptors (Lipinski definition) is 5. The molecule has 0 bridgehead atoms. The van der Waals surface area contributed by atoms with Gasteiger partial charge in [0.2, 0.25) is 0 Å². The number of rotatable bonds is 8. The lowest BCUT2D eigenvalue weighted by molar-refractivity contribution is -0.154. The minimum Gasteiger partial charge on any atom is -0.453 e. The Morgan fingerprint density at radius 3 is 2.21 bits per heavy atom. The van der Waals surface area contributed by atoms with Crippen molar-refractivity contribution in [1.29, 1.82) is 0 Å². The lowest BCUT2D eigenvalue weighted by Gasteiger charge is -2.18. The standard InChI is InChI=1S/C21H24FNO5S/c1-14-4-10-19(11-5-14)29(26,27)13-12-20(24)28-16(3)21(25)23-15(2)17-6-8-18(22)9-7-17/h4-11,15-16H,12-13H2,1-3H3,(H,23,25). The summed E-state index contributed by atoms with van der Waals surface area (Å²) in [4.78, 5) is 24.3. The number of halogens is 1. The second-order valence-electron chi connectivity index (χ2n) is 6.80. The third-order valence-electron chi connectivity index (χ3n) is 4.36. The Bertz CT molecular complexity index is 956. The first-order chi connectivity index (χ1) is 13.6. The van der Waals surface area contributed by atoms with Crippen molar-refractivity contribution in [1.82, 2.24) is 5.32 Å². The first-order valence-corrected chi connectivity index (χ1v) is 10.8. The second-order valence-corrected chi connectivity index (χ2v) is 8.90. The Morgan fingerprint density at radius 2 is 1.62 bits per heavy atom. The van der Waals surface area contributed by atoms with Crippen molar-refractivity contribution in [2.75, 3.05) is 5.75 Å². The van der Waals surface area contributed by atoms with Gasteiger partial charge in [-0.25, -0.2) is 12.8 Å². The van der Waals surface area contributed by atoms with Crippen LogP contribution in [0, 0.1) is 12.7 Å². The maximum atomic E-state index is 13.0. The SMILES string of the molecule is Cc1ccc(S(=O)(=O)CCC(=O)OC(C)C(=O)NC(C)c2ccc(F)cc2)cc1. The smallest absolute Gasteiger partial charge is 0.307 e. The molecule has 0 aliphatic heterocycles. The number of nitrogens with one attached hydrogen (secondary N) is 1. The van der Waals surface area contributed by atoms with Crippen LogP contribution in [0.5, 0.6) is 0 Å². The summed E-state index contributed by atoms with van der Waals surface area (Å²) in [5.74, 6) is -2.10. The number of aryl methyl sites for hydroxylation is 1. The average Bonchev–Trinajstić information content (AvgIpc) is 2.67. The number of benzene rings is 2. The zero-order valence-electron chi connectivity index (χ0n) is 16.5. The molecule has 8 heteroatoms. The Hall–Kier alpha value is -2.74. The van der Waals surface area contributed by atoms with E-state index in [0.717, 1.165) is 5.56 Å². The molecule has 0 saturated carbocycles. The maximum absolute atomic E-state index is 13.0. The van der Waals surface area contributed by atoms with E-state index in [9.17, 15) is 22.4 Å². The molecule has 2 unspecified atom stereocenters. The molecule has 0 aliphatic carbocycles. The zero-order valence-corrected chi connectivity index (χ0v) is 17.3. The quantitative estimate of drug-likeness (QED) is 0.662. The molecule has 1 amide bonds. The molecule has 156 valence electrons. The summed E-state index contributed by atoms with van der Waals surface area (Å²) in [6.07, 6.45) is -1.45. The lowest BCUT2D eigenvalue weighted by atomic mass is 10.1. The van der Waals surface area contributed by atoms with Crippen molar-refractivity contribution in [2.45, 2.75) is 44.2 Å². The van der Waals surface area contributed by atoms with Gasteiger partial charge in [0.05, 0.1) is 23.1 Å². The predicted octanol–water partition coefficient (Wildman–Crippen LogP) is 3.11. The number of hydrogen-bond donors (Lipinski definition) is 1. The van der Waals surface area contributed by atoms with Gasteiger partial charge in [0, 0.05) is 0 Å². The van der Waals surface area contributed by atoms with Crippen molar-refractivity contribution in [3.63, 3.8) is 0 Å². The second kappa shape index (κ2) is 9.65. The highest BCUT2D eigenvalue weighted by atomic mass is 32.2. The molecule has 0 saturated heterocycles. The summed E-state index contributed by atoms with van der Waals surface area (Å²) in [6, 6.07) is 11.6. The average molecular weight is 421 g/mol. The highest BCUT2D eigenvalue weighted by Crippen LogP contribution is 2.15. The fraction of sp³-hybridized carbons (Fsp3) is 0.333. The summed E-state index contributed by atoms with van der Waals surface area (Å²) in [6.45, 7) is 4.96. The summed E-state index contributed by atoms with van der Waals surface area (Å²) >= 11 is 0. The van der Waals surface area contributed by atoms with Gasteiger partial charge in [0.15, 0.2) is 15.9 Å². The van der Waals surface area contributed by atoms with Crippen LogP contribution in [0.1, 0.15) is 37.4 Å².